The van der Waals surface area contributed by atoms with Gasteiger partial charge in [0.05, 0.1) is 6.54 Å². The maximum Gasteiger partial charge on any atom is 0.241 e. The van der Waals surface area contributed by atoms with Gasteiger partial charge in [-0.05, 0) is 80.9 Å². The average molecular weight is 449 g/mol. The van der Waals surface area contributed by atoms with Crippen LogP contribution in [0.2, 0.25) is 0 Å². The van der Waals surface area contributed by atoms with Crippen molar-refractivity contribution in [3.63, 3.8) is 0 Å². The third-order valence-electron chi connectivity index (χ3n) is 7.07. The van der Waals surface area contributed by atoms with Gasteiger partial charge in [0.15, 0.2) is 0 Å². The van der Waals surface area contributed by atoms with Crippen LogP contribution in [-0.4, -0.2) is 74.0 Å². The molecule has 4 rings (SSSR count). The number of aryl methyl sites for hydroxylation is 1. The van der Waals surface area contributed by atoms with E-state index in [9.17, 15) is 4.79 Å². The molecule has 5 heteroatoms. The fraction of sp³-hybridized carbons (Fsp3) is 0.536. The average Bonchev–Trinajstić information content (AvgIpc) is 3.62. The summed E-state index contributed by atoms with van der Waals surface area (Å²) in [5, 5.41) is 3.49. The van der Waals surface area contributed by atoms with E-state index in [-0.39, 0.29) is 5.91 Å². The molecule has 1 saturated carbocycles. The van der Waals surface area contributed by atoms with Gasteiger partial charge in [0, 0.05) is 45.0 Å². The molecule has 0 spiro atoms. The van der Waals surface area contributed by atoms with Gasteiger partial charge in [-0.2, -0.15) is 0 Å². The quantitative estimate of drug-likeness (QED) is 0.567. The lowest BCUT2D eigenvalue weighted by atomic mass is 9.97. The predicted molar refractivity (Wildman–Crippen MR) is 137 cm³/mol. The molecule has 0 bridgehead atoms. The maximum absolute atomic E-state index is 13.2. The van der Waals surface area contributed by atoms with Crippen molar-refractivity contribution >= 4 is 11.6 Å². The lowest BCUT2D eigenvalue weighted by Crippen LogP contribution is -2.41. The summed E-state index contributed by atoms with van der Waals surface area (Å²) in [7, 11) is 4.12. The third kappa shape index (κ3) is 6.81. The molecule has 1 heterocycles. The second-order valence-corrected chi connectivity index (χ2v) is 10.1. The predicted octanol–water partition coefficient (Wildman–Crippen LogP) is 3.81. The van der Waals surface area contributed by atoms with Crippen LogP contribution in [0.1, 0.15) is 35.1 Å². The highest BCUT2D eigenvalue weighted by atomic mass is 16.2. The van der Waals surface area contributed by atoms with E-state index in [2.05, 4.69) is 78.6 Å². The largest absolute Gasteiger partial charge is 0.376 e. The summed E-state index contributed by atoms with van der Waals surface area (Å²) in [6.45, 7) is 8.29. The van der Waals surface area contributed by atoms with Gasteiger partial charge in [0.1, 0.15) is 0 Å². The smallest absolute Gasteiger partial charge is 0.241 e. The minimum atomic E-state index is 0.175. The molecule has 2 aliphatic rings. The summed E-state index contributed by atoms with van der Waals surface area (Å²) >= 11 is 0. The molecule has 2 aromatic carbocycles. The van der Waals surface area contributed by atoms with Crippen molar-refractivity contribution in [2.45, 2.75) is 39.2 Å². The summed E-state index contributed by atoms with van der Waals surface area (Å²) in [5.41, 5.74) is 6.57. The number of carbonyl (C=O) groups is 1. The van der Waals surface area contributed by atoms with Crippen molar-refractivity contribution in [1.29, 1.82) is 0 Å². The molecular weight excluding hydrogens is 408 g/mol. The number of hydrogen-bond donors (Lipinski definition) is 1. The summed E-state index contributed by atoms with van der Waals surface area (Å²) < 4.78 is 0. The molecule has 0 aromatic heterocycles. The zero-order valence-electron chi connectivity index (χ0n) is 20.6. The van der Waals surface area contributed by atoms with E-state index in [1.54, 1.807) is 0 Å². The number of anilines is 1. The molecule has 0 saturated heterocycles. The summed E-state index contributed by atoms with van der Waals surface area (Å²) in [5.74, 6) is 1.10. The molecule has 1 amide bonds. The molecule has 2 aromatic rings. The number of carbonyl (C=O) groups excluding carboxylic acids is 1. The van der Waals surface area contributed by atoms with Gasteiger partial charge in [0.2, 0.25) is 5.91 Å². The first-order valence-electron chi connectivity index (χ1n) is 12.5. The van der Waals surface area contributed by atoms with E-state index in [1.807, 2.05) is 4.90 Å². The fourth-order valence-corrected chi connectivity index (χ4v) is 4.77. The second-order valence-electron chi connectivity index (χ2n) is 10.1. The highest BCUT2D eigenvalue weighted by molar-refractivity contribution is 5.81. The molecule has 178 valence electrons. The van der Waals surface area contributed by atoms with Gasteiger partial charge in [-0.3, -0.25) is 9.69 Å². The van der Waals surface area contributed by atoms with E-state index < -0.39 is 0 Å². The van der Waals surface area contributed by atoms with Crippen LogP contribution in [0, 0.1) is 12.8 Å². The Hall–Kier alpha value is -2.37. The van der Waals surface area contributed by atoms with Crippen LogP contribution < -0.4 is 5.32 Å². The minimum Gasteiger partial charge on any atom is -0.376 e. The second kappa shape index (κ2) is 11.2. The van der Waals surface area contributed by atoms with Crippen molar-refractivity contribution < 1.29 is 4.79 Å². The van der Waals surface area contributed by atoms with Crippen LogP contribution in [0.15, 0.2) is 42.5 Å². The molecule has 5 nitrogen and oxygen atoms in total. The highest BCUT2D eigenvalue weighted by Crippen LogP contribution is 2.32. The number of hydrogen-bond acceptors (Lipinski definition) is 4. The maximum atomic E-state index is 13.2. The molecule has 33 heavy (non-hydrogen) atoms. The van der Waals surface area contributed by atoms with Crippen LogP contribution in [0.5, 0.6) is 0 Å². The number of nitrogens with zero attached hydrogens (tertiary/aromatic N) is 3. The highest BCUT2D eigenvalue weighted by Gasteiger charge is 2.27. The standard InChI is InChI=1S/C28H40N4O/c1-22-7-4-5-8-24(22)13-16-32(18-17-30(2)3)28(33)19-29-27-10-6-9-25-21-31(15-14-26(25)27)20-23-11-12-23/h4-10,23,29H,11-21H2,1-3H3. The van der Waals surface area contributed by atoms with E-state index >= 15 is 0 Å². The van der Waals surface area contributed by atoms with E-state index in [1.165, 1.54) is 41.6 Å². The van der Waals surface area contributed by atoms with Gasteiger partial charge >= 0.3 is 0 Å². The summed E-state index contributed by atoms with van der Waals surface area (Å²) in [6, 6.07) is 15.0. The van der Waals surface area contributed by atoms with Crippen LogP contribution in [-0.2, 0) is 24.2 Å². The Balaban J connectivity index is 1.36. The number of amides is 1. The van der Waals surface area contributed by atoms with Crippen molar-refractivity contribution in [3.8, 4) is 0 Å². The van der Waals surface area contributed by atoms with Crippen LogP contribution in [0.4, 0.5) is 5.69 Å². The Morgan fingerprint density at radius 1 is 1.06 bits per heavy atom. The summed E-state index contributed by atoms with van der Waals surface area (Å²) in [4.78, 5) is 20.0. The van der Waals surface area contributed by atoms with Gasteiger partial charge < -0.3 is 15.1 Å². The topological polar surface area (TPSA) is 38.8 Å². The van der Waals surface area contributed by atoms with Crippen molar-refractivity contribution in [3.05, 3.63) is 64.7 Å². The van der Waals surface area contributed by atoms with E-state index in [0.29, 0.717) is 6.54 Å². The van der Waals surface area contributed by atoms with Gasteiger partial charge in [-0.1, -0.05) is 36.4 Å². The Bertz CT molecular complexity index is 937. The molecule has 1 aliphatic heterocycles. The van der Waals surface area contributed by atoms with Crippen molar-refractivity contribution in [1.82, 2.24) is 14.7 Å². The number of likely N-dealkylation sites (N-methyl/N-ethyl adjacent to an activating group) is 1. The fourth-order valence-electron chi connectivity index (χ4n) is 4.77. The molecule has 1 N–H and O–H groups in total. The number of fused-ring (bicyclic) bond motifs is 1. The van der Waals surface area contributed by atoms with E-state index in [0.717, 1.165) is 57.2 Å². The van der Waals surface area contributed by atoms with Crippen LogP contribution in [0.25, 0.3) is 0 Å². The zero-order valence-corrected chi connectivity index (χ0v) is 20.6. The Kier molecular flexibility index (Phi) is 8.05. The Morgan fingerprint density at radius 2 is 1.88 bits per heavy atom. The molecule has 0 atom stereocenters. The van der Waals surface area contributed by atoms with Crippen molar-refractivity contribution in [2.24, 2.45) is 5.92 Å². The lowest BCUT2D eigenvalue weighted by molar-refractivity contribution is -0.129. The first kappa shape index (κ1) is 23.8. The van der Waals surface area contributed by atoms with Gasteiger partial charge in [-0.25, -0.2) is 0 Å². The number of rotatable bonds is 11. The normalized spacial score (nSPS) is 16.0. The minimum absolute atomic E-state index is 0.175. The first-order chi connectivity index (χ1) is 16.0. The van der Waals surface area contributed by atoms with Crippen LogP contribution in [0.3, 0.4) is 0 Å². The number of nitrogens with one attached hydrogen (secondary N) is 1. The van der Waals surface area contributed by atoms with E-state index in [4.69, 9.17) is 0 Å². The zero-order chi connectivity index (χ0) is 23.2. The molecule has 0 unspecified atom stereocenters. The molecular formula is C28H40N4O. The third-order valence-corrected chi connectivity index (χ3v) is 7.07. The summed E-state index contributed by atoms with van der Waals surface area (Å²) in [6.07, 6.45) is 4.77. The van der Waals surface area contributed by atoms with Gasteiger partial charge in [-0.15, -0.1) is 0 Å². The monoisotopic (exact) mass is 448 g/mol. The van der Waals surface area contributed by atoms with Gasteiger partial charge in [0.25, 0.3) is 0 Å². The Morgan fingerprint density at radius 3 is 2.64 bits per heavy atom. The molecule has 0 radical (unpaired) electrons. The molecule has 1 aliphatic carbocycles. The number of benzene rings is 2. The SMILES string of the molecule is Cc1ccccc1CCN(CCN(C)C)C(=O)CNc1cccc2c1CCN(CC1CC1)C2. The Labute approximate surface area is 199 Å². The first-order valence-corrected chi connectivity index (χ1v) is 12.5. The molecule has 1 fully saturated rings. The lowest BCUT2D eigenvalue weighted by Gasteiger charge is -2.30. The van der Waals surface area contributed by atoms with Crippen molar-refractivity contribution in [2.75, 3.05) is 58.7 Å². The van der Waals surface area contributed by atoms with Crippen LogP contribution >= 0.6 is 0 Å².